The molecular weight excluding hydrogens is 364 g/mol. The summed E-state index contributed by atoms with van der Waals surface area (Å²) < 4.78 is 32.9. The lowest BCUT2D eigenvalue weighted by Gasteiger charge is -2.11. The highest BCUT2D eigenvalue weighted by atomic mass is 32.2. The van der Waals surface area contributed by atoms with Gasteiger partial charge in [-0.3, -0.25) is 4.79 Å². The van der Waals surface area contributed by atoms with E-state index in [9.17, 15) is 13.2 Å². The average molecular weight is 391 g/mol. The number of sulfonamides is 1. The molecule has 0 radical (unpaired) electrons. The second-order valence-corrected chi connectivity index (χ2v) is 8.36. The Balaban J connectivity index is 2.03. The molecule has 1 amide bonds. The first kappa shape index (κ1) is 20.9. The smallest absolute Gasteiger partial charge is 0.251 e. The quantitative estimate of drug-likeness (QED) is 0.689. The van der Waals surface area contributed by atoms with Crippen LogP contribution in [0.25, 0.3) is 0 Å². The number of amides is 1. The van der Waals surface area contributed by atoms with Crippen molar-refractivity contribution in [2.24, 2.45) is 5.92 Å². The molecule has 0 fully saturated rings. The van der Waals surface area contributed by atoms with Crippen molar-refractivity contribution in [1.29, 1.82) is 0 Å². The van der Waals surface area contributed by atoms with E-state index in [-0.39, 0.29) is 17.3 Å². The molecule has 0 aromatic heterocycles. The van der Waals surface area contributed by atoms with E-state index >= 15 is 0 Å². The number of carbonyl (C=O) groups is 1. The number of benzene rings is 2. The number of para-hydroxylation sites is 1. The van der Waals surface area contributed by atoms with Crippen LogP contribution in [-0.2, 0) is 16.4 Å². The van der Waals surface area contributed by atoms with Gasteiger partial charge >= 0.3 is 0 Å². The van der Waals surface area contributed by atoms with Crippen molar-refractivity contribution in [3.8, 4) is 5.75 Å². The molecule has 0 spiro atoms. The molecule has 0 heterocycles. The summed E-state index contributed by atoms with van der Waals surface area (Å²) in [6, 6.07) is 13.5. The largest absolute Gasteiger partial charge is 0.496 e. The lowest BCUT2D eigenvalue weighted by molar-refractivity contribution is 0.0949. The second-order valence-electron chi connectivity index (χ2n) is 6.59. The van der Waals surface area contributed by atoms with Gasteiger partial charge in [0, 0.05) is 18.7 Å². The predicted octanol–water partition coefficient (Wildman–Crippen LogP) is 2.60. The molecule has 0 aliphatic carbocycles. The van der Waals surface area contributed by atoms with Gasteiger partial charge < -0.3 is 10.1 Å². The zero-order chi connectivity index (χ0) is 19.9. The Morgan fingerprint density at radius 3 is 2.56 bits per heavy atom. The molecule has 0 bridgehead atoms. The van der Waals surface area contributed by atoms with Crippen molar-refractivity contribution >= 4 is 15.9 Å². The molecule has 0 saturated heterocycles. The first-order valence-electron chi connectivity index (χ1n) is 8.83. The molecule has 27 heavy (non-hydrogen) atoms. The number of ether oxygens (including phenoxy) is 1. The summed E-state index contributed by atoms with van der Waals surface area (Å²) in [5.41, 5.74) is 1.24. The molecular formula is C20H26N2O4S. The Labute approximate surface area is 161 Å². The van der Waals surface area contributed by atoms with Crippen LogP contribution in [0.4, 0.5) is 0 Å². The summed E-state index contributed by atoms with van der Waals surface area (Å²) in [5.74, 6) is 0.757. The fourth-order valence-corrected chi connectivity index (χ4v) is 3.59. The Morgan fingerprint density at radius 1 is 1.11 bits per heavy atom. The monoisotopic (exact) mass is 390 g/mol. The molecule has 0 saturated carbocycles. The maximum absolute atomic E-state index is 12.5. The minimum absolute atomic E-state index is 0.0692. The summed E-state index contributed by atoms with van der Waals surface area (Å²) in [7, 11) is -2.13. The number of carbonyl (C=O) groups excluding carboxylic acids is 1. The van der Waals surface area contributed by atoms with Crippen LogP contribution < -0.4 is 14.8 Å². The van der Waals surface area contributed by atoms with Crippen LogP contribution in [0, 0.1) is 5.92 Å². The van der Waals surface area contributed by atoms with Gasteiger partial charge in [0.15, 0.2) is 0 Å². The highest BCUT2D eigenvalue weighted by Crippen LogP contribution is 2.18. The lowest BCUT2D eigenvalue weighted by Crippen LogP contribution is -2.28. The van der Waals surface area contributed by atoms with Crippen LogP contribution in [0.2, 0.25) is 0 Å². The van der Waals surface area contributed by atoms with E-state index in [2.05, 4.69) is 10.0 Å². The first-order valence-corrected chi connectivity index (χ1v) is 10.3. The van der Waals surface area contributed by atoms with Crippen LogP contribution in [-0.4, -0.2) is 34.5 Å². The molecule has 2 aromatic rings. The third-order valence-corrected chi connectivity index (χ3v) is 5.42. The Hall–Kier alpha value is -2.38. The van der Waals surface area contributed by atoms with E-state index < -0.39 is 10.0 Å². The average Bonchev–Trinajstić information content (AvgIpc) is 2.66. The third kappa shape index (κ3) is 6.08. The van der Waals surface area contributed by atoms with Crippen molar-refractivity contribution in [1.82, 2.24) is 10.0 Å². The summed E-state index contributed by atoms with van der Waals surface area (Å²) in [6.07, 6.45) is 0.498. The van der Waals surface area contributed by atoms with Crippen LogP contribution in [0.3, 0.4) is 0 Å². The number of hydrogen-bond acceptors (Lipinski definition) is 4. The maximum Gasteiger partial charge on any atom is 0.251 e. The zero-order valence-electron chi connectivity index (χ0n) is 15.9. The van der Waals surface area contributed by atoms with Gasteiger partial charge in [0.2, 0.25) is 10.0 Å². The minimum atomic E-state index is -3.71. The van der Waals surface area contributed by atoms with Crippen molar-refractivity contribution in [2.45, 2.75) is 25.2 Å². The number of hydrogen-bond donors (Lipinski definition) is 2. The Bertz CT molecular complexity index is 879. The summed E-state index contributed by atoms with van der Waals surface area (Å²) in [5, 5.41) is 2.79. The van der Waals surface area contributed by atoms with Gasteiger partial charge in [-0.05, 0) is 42.2 Å². The summed E-state index contributed by atoms with van der Waals surface area (Å²) in [6.45, 7) is 4.75. The normalized spacial score (nSPS) is 11.4. The van der Waals surface area contributed by atoms with E-state index in [0.29, 0.717) is 24.4 Å². The summed E-state index contributed by atoms with van der Waals surface area (Å²) in [4.78, 5) is 12.2. The number of rotatable bonds is 9. The number of nitrogens with one attached hydrogen (secondary N) is 2. The molecule has 0 atom stereocenters. The predicted molar refractivity (Wildman–Crippen MR) is 105 cm³/mol. The van der Waals surface area contributed by atoms with E-state index in [1.54, 1.807) is 19.2 Å². The molecule has 2 N–H and O–H groups in total. The van der Waals surface area contributed by atoms with Gasteiger partial charge in [0.05, 0.1) is 12.0 Å². The molecule has 0 aliphatic rings. The topological polar surface area (TPSA) is 84.5 Å². The van der Waals surface area contributed by atoms with Gasteiger partial charge in [-0.15, -0.1) is 0 Å². The van der Waals surface area contributed by atoms with Gasteiger partial charge in [0.1, 0.15) is 5.75 Å². The molecule has 2 aromatic carbocycles. The van der Waals surface area contributed by atoms with Crippen LogP contribution in [0.5, 0.6) is 5.75 Å². The van der Waals surface area contributed by atoms with Crippen molar-refractivity contribution in [3.05, 3.63) is 59.7 Å². The molecule has 6 nitrogen and oxygen atoms in total. The Kier molecular flexibility index (Phi) is 7.38. The van der Waals surface area contributed by atoms with Gasteiger partial charge in [-0.1, -0.05) is 38.1 Å². The van der Waals surface area contributed by atoms with Gasteiger partial charge in [0.25, 0.3) is 5.91 Å². The third-order valence-electron chi connectivity index (χ3n) is 3.96. The highest BCUT2D eigenvalue weighted by Gasteiger charge is 2.16. The highest BCUT2D eigenvalue weighted by molar-refractivity contribution is 7.89. The van der Waals surface area contributed by atoms with E-state index in [1.807, 2.05) is 38.1 Å². The molecule has 7 heteroatoms. The Morgan fingerprint density at radius 2 is 1.85 bits per heavy atom. The molecule has 0 aliphatic heterocycles. The SMILES string of the molecule is COc1ccccc1CCNS(=O)(=O)c1cccc(C(=O)NCC(C)C)c1. The minimum Gasteiger partial charge on any atom is -0.496 e. The van der Waals surface area contributed by atoms with Crippen LogP contribution in [0.15, 0.2) is 53.4 Å². The first-order chi connectivity index (χ1) is 12.8. The van der Waals surface area contributed by atoms with E-state index in [1.165, 1.54) is 12.1 Å². The fourth-order valence-electron chi connectivity index (χ4n) is 2.52. The zero-order valence-corrected chi connectivity index (χ0v) is 16.7. The van der Waals surface area contributed by atoms with Gasteiger partial charge in [-0.25, -0.2) is 13.1 Å². The summed E-state index contributed by atoms with van der Waals surface area (Å²) >= 11 is 0. The van der Waals surface area contributed by atoms with E-state index in [0.717, 1.165) is 11.3 Å². The van der Waals surface area contributed by atoms with Crippen molar-refractivity contribution < 1.29 is 17.9 Å². The lowest BCUT2D eigenvalue weighted by atomic mass is 10.1. The second kappa shape index (κ2) is 9.53. The maximum atomic E-state index is 12.5. The van der Waals surface area contributed by atoms with Crippen molar-refractivity contribution in [3.63, 3.8) is 0 Å². The molecule has 146 valence electrons. The van der Waals surface area contributed by atoms with E-state index in [4.69, 9.17) is 4.74 Å². The molecule has 0 unspecified atom stereocenters. The van der Waals surface area contributed by atoms with Crippen LogP contribution in [0.1, 0.15) is 29.8 Å². The fraction of sp³-hybridized carbons (Fsp3) is 0.350. The number of methoxy groups -OCH3 is 1. The standard InChI is InChI=1S/C20H26N2O4S/c1-15(2)14-21-20(23)17-8-6-9-18(13-17)27(24,25)22-12-11-16-7-4-5-10-19(16)26-3/h4-10,13,15,22H,11-12,14H2,1-3H3,(H,21,23). The van der Waals surface area contributed by atoms with Crippen LogP contribution >= 0.6 is 0 Å². The van der Waals surface area contributed by atoms with Gasteiger partial charge in [-0.2, -0.15) is 0 Å². The molecule has 2 rings (SSSR count). The van der Waals surface area contributed by atoms with Crippen molar-refractivity contribution in [2.75, 3.05) is 20.2 Å².